The molecule has 3 nitrogen and oxygen atoms in total. The van der Waals surface area contributed by atoms with Gasteiger partial charge in [0.25, 0.3) is 5.91 Å². The third-order valence-corrected chi connectivity index (χ3v) is 3.23. The van der Waals surface area contributed by atoms with Crippen LogP contribution in [-0.4, -0.2) is 12.5 Å². The van der Waals surface area contributed by atoms with Crippen LogP contribution < -0.4 is 10.1 Å². The minimum Gasteiger partial charge on any atom is -0.483 e. The van der Waals surface area contributed by atoms with Crippen molar-refractivity contribution in [3.63, 3.8) is 0 Å². The summed E-state index contributed by atoms with van der Waals surface area (Å²) in [5.41, 5.74) is 0.000416. The molecule has 0 fully saturated rings. The maximum absolute atomic E-state index is 12.8. The van der Waals surface area contributed by atoms with Crippen LogP contribution >= 0.6 is 0 Å². The SMILES string of the molecule is CC(NC(=O)COc1ccccc1C(F)(F)F)c1ccccc1. The summed E-state index contributed by atoms with van der Waals surface area (Å²) in [6.45, 7) is 1.31. The average molecular weight is 323 g/mol. The van der Waals surface area contributed by atoms with Crippen LogP contribution in [-0.2, 0) is 11.0 Å². The zero-order valence-electron chi connectivity index (χ0n) is 12.4. The first-order valence-corrected chi connectivity index (χ1v) is 7.01. The summed E-state index contributed by atoms with van der Waals surface area (Å²) in [7, 11) is 0. The highest BCUT2D eigenvalue weighted by Crippen LogP contribution is 2.35. The fourth-order valence-corrected chi connectivity index (χ4v) is 2.08. The van der Waals surface area contributed by atoms with Crippen molar-refractivity contribution in [2.45, 2.75) is 19.1 Å². The van der Waals surface area contributed by atoms with E-state index >= 15 is 0 Å². The Kier molecular flexibility index (Phi) is 5.26. The highest BCUT2D eigenvalue weighted by Gasteiger charge is 2.34. The molecular formula is C17H16F3NO2. The van der Waals surface area contributed by atoms with Crippen molar-refractivity contribution in [2.24, 2.45) is 0 Å². The Morgan fingerprint density at radius 3 is 2.35 bits per heavy atom. The molecule has 1 unspecified atom stereocenters. The fourth-order valence-electron chi connectivity index (χ4n) is 2.08. The summed E-state index contributed by atoms with van der Waals surface area (Å²) in [4.78, 5) is 11.8. The summed E-state index contributed by atoms with van der Waals surface area (Å²) in [6.07, 6.45) is -4.52. The lowest BCUT2D eigenvalue weighted by Crippen LogP contribution is -2.31. The maximum Gasteiger partial charge on any atom is 0.419 e. The molecule has 1 atom stereocenters. The van der Waals surface area contributed by atoms with E-state index < -0.39 is 24.3 Å². The van der Waals surface area contributed by atoms with E-state index in [9.17, 15) is 18.0 Å². The lowest BCUT2D eigenvalue weighted by Gasteiger charge is -2.16. The first-order valence-electron chi connectivity index (χ1n) is 7.01. The number of rotatable bonds is 5. The Labute approximate surface area is 132 Å². The van der Waals surface area contributed by atoms with Crippen LogP contribution in [0.4, 0.5) is 13.2 Å². The van der Waals surface area contributed by atoms with Crippen molar-refractivity contribution in [1.29, 1.82) is 0 Å². The second-order valence-corrected chi connectivity index (χ2v) is 4.98. The molecule has 6 heteroatoms. The van der Waals surface area contributed by atoms with E-state index in [0.717, 1.165) is 11.6 Å². The summed E-state index contributed by atoms with van der Waals surface area (Å²) in [5.74, 6) is -0.846. The van der Waals surface area contributed by atoms with E-state index in [1.54, 1.807) is 6.92 Å². The molecule has 1 N–H and O–H groups in total. The zero-order valence-corrected chi connectivity index (χ0v) is 12.4. The Hall–Kier alpha value is -2.50. The van der Waals surface area contributed by atoms with Gasteiger partial charge < -0.3 is 10.1 Å². The molecule has 0 heterocycles. The summed E-state index contributed by atoms with van der Waals surface area (Å²) in [6, 6.07) is 13.8. The zero-order chi connectivity index (χ0) is 16.9. The molecule has 0 aliphatic rings. The number of alkyl halides is 3. The number of carbonyl (C=O) groups is 1. The van der Waals surface area contributed by atoms with Crippen molar-refractivity contribution in [1.82, 2.24) is 5.32 Å². The molecule has 0 spiro atoms. The number of ether oxygens (including phenoxy) is 1. The molecule has 2 aromatic rings. The third kappa shape index (κ3) is 4.74. The number of hydrogen-bond acceptors (Lipinski definition) is 2. The Bertz CT molecular complexity index is 656. The van der Waals surface area contributed by atoms with Crippen LogP contribution in [0.1, 0.15) is 24.1 Å². The lowest BCUT2D eigenvalue weighted by molar-refractivity contribution is -0.139. The molecular weight excluding hydrogens is 307 g/mol. The van der Waals surface area contributed by atoms with Crippen molar-refractivity contribution in [3.8, 4) is 5.75 Å². The van der Waals surface area contributed by atoms with Gasteiger partial charge in [-0.05, 0) is 24.6 Å². The lowest BCUT2D eigenvalue weighted by atomic mass is 10.1. The van der Waals surface area contributed by atoms with Gasteiger partial charge in [0.1, 0.15) is 5.75 Å². The van der Waals surface area contributed by atoms with Crippen LogP contribution in [0.15, 0.2) is 54.6 Å². The largest absolute Gasteiger partial charge is 0.483 e. The normalized spacial score (nSPS) is 12.5. The van der Waals surface area contributed by atoms with Gasteiger partial charge >= 0.3 is 6.18 Å². The first-order chi connectivity index (χ1) is 10.9. The predicted molar refractivity (Wildman–Crippen MR) is 79.9 cm³/mol. The van der Waals surface area contributed by atoms with Gasteiger partial charge in [0.15, 0.2) is 6.61 Å². The van der Waals surface area contributed by atoms with Crippen molar-refractivity contribution in [2.75, 3.05) is 6.61 Å². The number of para-hydroxylation sites is 1. The van der Waals surface area contributed by atoms with E-state index in [-0.39, 0.29) is 11.8 Å². The van der Waals surface area contributed by atoms with Gasteiger partial charge in [-0.2, -0.15) is 13.2 Å². The average Bonchev–Trinajstić information content (AvgIpc) is 2.53. The first kappa shape index (κ1) is 16.9. The number of carbonyl (C=O) groups excluding carboxylic acids is 1. The monoisotopic (exact) mass is 323 g/mol. The van der Waals surface area contributed by atoms with Gasteiger partial charge in [-0.25, -0.2) is 0 Å². The maximum atomic E-state index is 12.8. The standard InChI is InChI=1S/C17H16F3NO2/c1-12(13-7-3-2-4-8-13)21-16(22)11-23-15-10-6-5-9-14(15)17(18,19)20/h2-10,12H,11H2,1H3,(H,21,22). The Morgan fingerprint density at radius 1 is 1.09 bits per heavy atom. The molecule has 122 valence electrons. The molecule has 2 aromatic carbocycles. The van der Waals surface area contributed by atoms with Crippen LogP contribution in [0, 0.1) is 0 Å². The molecule has 0 radical (unpaired) electrons. The summed E-state index contributed by atoms with van der Waals surface area (Å²) >= 11 is 0. The van der Waals surface area contributed by atoms with Crippen LogP contribution in [0.2, 0.25) is 0 Å². The van der Waals surface area contributed by atoms with E-state index in [2.05, 4.69) is 5.32 Å². The molecule has 0 bridgehead atoms. The van der Waals surface area contributed by atoms with E-state index in [4.69, 9.17) is 4.74 Å². The second-order valence-electron chi connectivity index (χ2n) is 4.98. The van der Waals surface area contributed by atoms with Crippen LogP contribution in [0.25, 0.3) is 0 Å². The molecule has 0 saturated heterocycles. The molecule has 1 amide bonds. The van der Waals surface area contributed by atoms with Crippen LogP contribution in [0.3, 0.4) is 0 Å². The van der Waals surface area contributed by atoms with Gasteiger partial charge in [-0.1, -0.05) is 42.5 Å². The Balaban J connectivity index is 1.95. The molecule has 0 aromatic heterocycles. The van der Waals surface area contributed by atoms with Crippen molar-refractivity contribution in [3.05, 3.63) is 65.7 Å². The minimum absolute atomic E-state index is 0.259. The molecule has 23 heavy (non-hydrogen) atoms. The fraction of sp³-hybridized carbons (Fsp3) is 0.235. The van der Waals surface area contributed by atoms with Crippen molar-refractivity contribution >= 4 is 5.91 Å². The number of amides is 1. The van der Waals surface area contributed by atoms with Gasteiger partial charge in [0, 0.05) is 0 Å². The Morgan fingerprint density at radius 2 is 1.70 bits per heavy atom. The molecule has 0 saturated carbocycles. The highest BCUT2D eigenvalue weighted by molar-refractivity contribution is 5.78. The topological polar surface area (TPSA) is 38.3 Å². The summed E-state index contributed by atoms with van der Waals surface area (Å²) in [5, 5.41) is 2.68. The third-order valence-electron chi connectivity index (χ3n) is 3.23. The molecule has 2 rings (SSSR count). The number of hydrogen-bond donors (Lipinski definition) is 1. The van der Waals surface area contributed by atoms with Gasteiger partial charge in [-0.15, -0.1) is 0 Å². The quantitative estimate of drug-likeness (QED) is 0.904. The predicted octanol–water partition coefficient (Wildman–Crippen LogP) is 3.96. The molecule has 0 aliphatic carbocycles. The molecule has 0 aliphatic heterocycles. The van der Waals surface area contributed by atoms with Crippen LogP contribution in [0.5, 0.6) is 5.75 Å². The second kappa shape index (κ2) is 7.17. The van der Waals surface area contributed by atoms with E-state index in [1.807, 2.05) is 30.3 Å². The van der Waals surface area contributed by atoms with Gasteiger partial charge in [0.05, 0.1) is 11.6 Å². The number of halogens is 3. The van der Waals surface area contributed by atoms with E-state index in [0.29, 0.717) is 0 Å². The highest BCUT2D eigenvalue weighted by atomic mass is 19.4. The van der Waals surface area contributed by atoms with Gasteiger partial charge in [-0.3, -0.25) is 4.79 Å². The van der Waals surface area contributed by atoms with Gasteiger partial charge in [0.2, 0.25) is 0 Å². The number of benzene rings is 2. The van der Waals surface area contributed by atoms with E-state index in [1.165, 1.54) is 18.2 Å². The summed E-state index contributed by atoms with van der Waals surface area (Å²) < 4.78 is 43.5. The van der Waals surface area contributed by atoms with Crippen molar-refractivity contribution < 1.29 is 22.7 Å². The smallest absolute Gasteiger partial charge is 0.419 e. The minimum atomic E-state index is -4.52. The number of nitrogens with one attached hydrogen (secondary N) is 1.